The van der Waals surface area contributed by atoms with Gasteiger partial charge in [-0.1, -0.05) is 12.1 Å². The molecule has 1 atom stereocenters. The second-order valence-corrected chi connectivity index (χ2v) is 6.46. The van der Waals surface area contributed by atoms with E-state index in [1.54, 1.807) is 42.2 Å². The number of carbonyl (C=O) groups excluding carboxylic acids is 3. The van der Waals surface area contributed by atoms with Gasteiger partial charge >= 0.3 is 11.9 Å². The number of carbonyl (C=O) groups is 3. The Morgan fingerprint density at radius 3 is 1.96 bits per heavy atom. The molecule has 0 aliphatic carbocycles. The van der Waals surface area contributed by atoms with Gasteiger partial charge < -0.3 is 14.4 Å². The highest BCUT2D eigenvalue weighted by atomic mass is 16.5. The number of rotatable bonds is 7. The number of benzene rings is 1. The third-order valence-corrected chi connectivity index (χ3v) is 3.75. The summed E-state index contributed by atoms with van der Waals surface area (Å²) in [5.41, 5.74) is 1.15. The van der Waals surface area contributed by atoms with E-state index in [9.17, 15) is 14.4 Å². The maximum atomic E-state index is 12.4. The van der Waals surface area contributed by atoms with Crippen LogP contribution in [0.5, 0.6) is 0 Å². The molecule has 0 aromatic heterocycles. The lowest BCUT2D eigenvalue weighted by atomic mass is 10.1. The highest BCUT2D eigenvalue weighted by Crippen LogP contribution is 2.11. The van der Waals surface area contributed by atoms with E-state index in [-0.39, 0.29) is 18.0 Å². The van der Waals surface area contributed by atoms with Crippen molar-refractivity contribution in [1.29, 1.82) is 0 Å². The van der Waals surface area contributed by atoms with Crippen LogP contribution in [-0.2, 0) is 19.1 Å². The van der Waals surface area contributed by atoms with Gasteiger partial charge in [0, 0.05) is 18.2 Å². The number of methoxy groups -OCH3 is 1. The molecular formula is C20H27NO5. The summed E-state index contributed by atoms with van der Waals surface area (Å²) >= 11 is 0. The van der Waals surface area contributed by atoms with E-state index in [0.717, 1.165) is 5.56 Å². The predicted molar refractivity (Wildman–Crippen MR) is 99.5 cm³/mol. The minimum atomic E-state index is -0.862. The van der Waals surface area contributed by atoms with Gasteiger partial charge in [0.25, 0.3) is 5.91 Å². The SMILES string of the molecule is COC(=O)c1ccc(/C=C/C(=O)O[C@H](C)C(=O)N(C(C)C)C(C)C)cc1. The summed E-state index contributed by atoms with van der Waals surface area (Å²) in [4.78, 5) is 37.5. The molecule has 0 bridgehead atoms. The normalized spacial score (nSPS) is 12.3. The largest absolute Gasteiger partial charge is 0.465 e. The number of nitrogens with zero attached hydrogens (tertiary/aromatic N) is 1. The molecule has 142 valence electrons. The Morgan fingerprint density at radius 2 is 1.50 bits per heavy atom. The van der Waals surface area contributed by atoms with Crippen LogP contribution in [0.3, 0.4) is 0 Å². The van der Waals surface area contributed by atoms with Crippen LogP contribution >= 0.6 is 0 Å². The molecule has 0 saturated carbocycles. The van der Waals surface area contributed by atoms with Crippen molar-refractivity contribution in [2.24, 2.45) is 0 Å². The van der Waals surface area contributed by atoms with E-state index in [1.165, 1.54) is 13.2 Å². The Morgan fingerprint density at radius 1 is 0.962 bits per heavy atom. The number of amides is 1. The van der Waals surface area contributed by atoms with E-state index in [0.29, 0.717) is 5.56 Å². The van der Waals surface area contributed by atoms with Crippen molar-refractivity contribution in [3.05, 3.63) is 41.5 Å². The van der Waals surface area contributed by atoms with E-state index >= 15 is 0 Å². The fourth-order valence-electron chi connectivity index (χ4n) is 2.59. The Kier molecular flexibility index (Phi) is 8.03. The van der Waals surface area contributed by atoms with Gasteiger partial charge in [-0.2, -0.15) is 0 Å². The molecule has 1 aromatic carbocycles. The molecule has 0 heterocycles. The Balaban J connectivity index is 2.69. The van der Waals surface area contributed by atoms with Crippen molar-refractivity contribution in [3.8, 4) is 0 Å². The fourth-order valence-corrected chi connectivity index (χ4v) is 2.59. The lowest BCUT2D eigenvalue weighted by molar-refractivity contribution is -0.157. The maximum absolute atomic E-state index is 12.4. The van der Waals surface area contributed by atoms with Gasteiger partial charge in [-0.05, 0) is 58.4 Å². The molecule has 0 saturated heterocycles. The van der Waals surface area contributed by atoms with E-state index in [1.807, 2.05) is 27.7 Å². The zero-order valence-electron chi connectivity index (χ0n) is 16.2. The molecule has 0 N–H and O–H groups in total. The van der Waals surface area contributed by atoms with Gasteiger partial charge in [0.1, 0.15) is 0 Å². The predicted octanol–water partition coefficient (Wildman–Crippen LogP) is 3.06. The third kappa shape index (κ3) is 6.02. The molecule has 1 amide bonds. The van der Waals surface area contributed by atoms with Crippen molar-refractivity contribution in [2.75, 3.05) is 7.11 Å². The van der Waals surface area contributed by atoms with Crippen LogP contribution in [0.2, 0.25) is 0 Å². The molecule has 1 aromatic rings. The lowest BCUT2D eigenvalue weighted by Crippen LogP contribution is -2.47. The van der Waals surface area contributed by atoms with Crippen molar-refractivity contribution in [1.82, 2.24) is 4.90 Å². The molecule has 0 aliphatic rings. The second-order valence-electron chi connectivity index (χ2n) is 6.46. The Bertz CT molecular complexity index is 653. The van der Waals surface area contributed by atoms with Gasteiger partial charge in [0.05, 0.1) is 12.7 Å². The minimum Gasteiger partial charge on any atom is -0.465 e. The van der Waals surface area contributed by atoms with Crippen molar-refractivity contribution in [3.63, 3.8) is 0 Å². The smallest absolute Gasteiger partial charge is 0.337 e. The van der Waals surface area contributed by atoms with Gasteiger partial charge in [-0.15, -0.1) is 0 Å². The van der Waals surface area contributed by atoms with Crippen molar-refractivity contribution in [2.45, 2.75) is 52.8 Å². The molecule has 26 heavy (non-hydrogen) atoms. The van der Waals surface area contributed by atoms with Crippen LogP contribution < -0.4 is 0 Å². The van der Waals surface area contributed by atoms with Crippen LogP contribution in [0.25, 0.3) is 6.08 Å². The van der Waals surface area contributed by atoms with Crippen LogP contribution in [0.15, 0.2) is 30.3 Å². The first-order valence-electron chi connectivity index (χ1n) is 8.56. The Hall–Kier alpha value is -2.63. The summed E-state index contributed by atoms with van der Waals surface area (Å²) < 4.78 is 9.83. The summed E-state index contributed by atoms with van der Waals surface area (Å²) in [6, 6.07) is 6.62. The van der Waals surface area contributed by atoms with Crippen LogP contribution in [0.1, 0.15) is 50.5 Å². The molecule has 0 aliphatic heterocycles. The van der Waals surface area contributed by atoms with Crippen LogP contribution in [0, 0.1) is 0 Å². The molecular weight excluding hydrogens is 334 g/mol. The van der Waals surface area contributed by atoms with Crippen LogP contribution in [0.4, 0.5) is 0 Å². The minimum absolute atomic E-state index is 0.0209. The molecule has 0 radical (unpaired) electrons. The lowest BCUT2D eigenvalue weighted by Gasteiger charge is -2.32. The molecule has 6 heteroatoms. The highest BCUT2D eigenvalue weighted by Gasteiger charge is 2.27. The Labute approximate surface area is 154 Å². The topological polar surface area (TPSA) is 72.9 Å². The van der Waals surface area contributed by atoms with Crippen molar-refractivity contribution >= 4 is 23.9 Å². The zero-order valence-corrected chi connectivity index (χ0v) is 16.2. The molecule has 1 rings (SSSR count). The molecule has 0 spiro atoms. The van der Waals surface area contributed by atoms with E-state index < -0.39 is 18.0 Å². The number of hydrogen-bond donors (Lipinski definition) is 0. The summed E-state index contributed by atoms with van der Waals surface area (Å²) in [7, 11) is 1.31. The summed E-state index contributed by atoms with van der Waals surface area (Å²) in [5, 5.41) is 0. The van der Waals surface area contributed by atoms with Gasteiger partial charge in [-0.3, -0.25) is 4.79 Å². The monoisotopic (exact) mass is 361 g/mol. The molecule has 6 nitrogen and oxygen atoms in total. The van der Waals surface area contributed by atoms with Gasteiger partial charge in [0.2, 0.25) is 0 Å². The van der Waals surface area contributed by atoms with E-state index in [4.69, 9.17) is 4.74 Å². The van der Waals surface area contributed by atoms with Crippen LogP contribution in [-0.4, -0.2) is 48.0 Å². The van der Waals surface area contributed by atoms with Crippen molar-refractivity contribution < 1.29 is 23.9 Å². The zero-order chi connectivity index (χ0) is 19.9. The average Bonchev–Trinajstić information content (AvgIpc) is 2.58. The first kappa shape index (κ1) is 21.4. The maximum Gasteiger partial charge on any atom is 0.337 e. The van der Waals surface area contributed by atoms with Gasteiger partial charge in [0.15, 0.2) is 6.10 Å². The summed E-state index contributed by atoms with van der Waals surface area (Å²) in [5.74, 6) is -1.25. The quantitative estimate of drug-likeness (QED) is 0.551. The first-order chi connectivity index (χ1) is 12.2. The molecule has 0 fully saturated rings. The number of hydrogen-bond acceptors (Lipinski definition) is 5. The highest BCUT2D eigenvalue weighted by molar-refractivity contribution is 5.91. The van der Waals surface area contributed by atoms with Gasteiger partial charge in [-0.25, -0.2) is 9.59 Å². The third-order valence-electron chi connectivity index (χ3n) is 3.75. The number of esters is 2. The van der Waals surface area contributed by atoms with E-state index in [2.05, 4.69) is 4.74 Å². The summed E-state index contributed by atoms with van der Waals surface area (Å²) in [6.45, 7) is 9.25. The summed E-state index contributed by atoms with van der Waals surface area (Å²) in [6.07, 6.45) is 1.95. The fraction of sp³-hybridized carbons (Fsp3) is 0.450. The number of ether oxygens (including phenoxy) is 2. The first-order valence-corrected chi connectivity index (χ1v) is 8.56. The molecule has 0 unspecified atom stereocenters. The second kappa shape index (κ2) is 9.75. The average molecular weight is 361 g/mol. The standard InChI is InChI=1S/C20H27NO5/c1-13(2)21(14(3)4)19(23)15(5)26-18(22)12-9-16-7-10-17(11-8-16)20(24)25-6/h7-15H,1-6H3/b12-9+/t15-/m1/s1.